The van der Waals surface area contributed by atoms with Crippen molar-refractivity contribution in [3.8, 4) is 11.3 Å². The summed E-state index contributed by atoms with van der Waals surface area (Å²) in [4.78, 5) is 18.9. The van der Waals surface area contributed by atoms with Crippen LogP contribution in [-0.2, 0) is 0 Å². The maximum atomic E-state index is 11.3. The highest BCUT2D eigenvalue weighted by atomic mass is 32.2. The summed E-state index contributed by atoms with van der Waals surface area (Å²) in [6.07, 6.45) is 1.74. The predicted octanol–water partition coefficient (Wildman–Crippen LogP) is 4.71. The van der Waals surface area contributed by atoms with Gasteiger partial charge in [-0.1, -0.05) is 54.1 Å². The molecule has 4 nitrogen and oxygen atoms in total. The minimum Gasteiger partial charge on any atom is -0.333 e. The molecule has 0 saturated carbocycles. The van der Waals surface area contributed by atoms with Crippen LogP contribution in [0.25, 0.3) is 11.3 Å². The van der Waals surface area contributed by atoms with E-state index < -0.39 is 0 Å². The fourth-order valence-corrected chi connectivity index (χ4v) is 2.96. The second-order valence-electron chi connectivity index (χ2n) is 5.53. The number of aryl methyl sites for hydroxylation is 1. The second-order valence-corrected chi connectivity index (χ2v) is 6.53. The zero-order valence-electron chi connectivity index (χ0n) is 13.5. The van der Waals surface area contributed by atoms with Gasteiger partial charge in [0.2, 0.25) is 0 Å². The number of H-pyrrole nitrogens is 1. The van der Waals surface area contributed by atoms with E-state index in [9.17, 15) is 4.79 Å². The van der Waals surface area contributed by atoms with E-state index in [1.165, 1.54) is 17.3 Å². The summed E-state index contributed by atoms with van der Waals surface area (Å²) in [6, 6.07) is 15.3. The molecule has 2 N–H and O–H groups in total. The summed E-state index contributed by atoms with van der Waals surface area (Å²) in [6.45, 7) is 3.58. The first-order valence-corrected chi connectivity index (χ1v) is 8.34. The van der Waals surface area contributed by atoms with Gasteiger partial charge in [-0.3, -0.25) is 10.2 Å². The van der Waals surface area contributed by atoms with Gasteiger partial charge in [-0.15, -0.1) is 0 Å². The first-order valence-electron chi connectivity index (χ1n) is 7.53. The lowest BCUT2D eigenvalue weighted by atomic mass is 10.1. The molecule has 5 heteroatoms. The van der Waals surface area contributed by atoms with Crippen molar-refractivity contribution in [2.75, 3.05) is 0 Å². The van der Waals surface area contributed by atoms with Gasteiger partial charge in [0.15, 0.2) is 10.9 Å². The molecule has 0 spiro atoms. The average Bonchev–Trinajstić information content (AvgIpc) is 3.04. The smallest absolute Gasteiger partial charge is 0.172 e. The monoisotopic (exact) mass is 335 g/mol. The highest BCUT2D eigenvalue weighted by molar-refractivity contribution is 8.14. The highest BCUT2D eigenvalue weighted by Gasteiger charge is 2.09. The number of aromatic nitrogens is 2. The molecule has 1 aromatic heterocycles. The quantitative estimate of drug-likeness (QED) is 0.314. The van der Waals surface area contributed by atoms with Crippen LogP contribution in [0.15, 0.2) is 59.9 Å². The summed E-state index contributed by atoms with van der Waals surface area (Å²) in [5.74, 6) is 0.0500. The van der Waals surface area contributed by atoms with E-state index in [4.69, 9.17) is 5.41 Å². The molecule has 0 fully saturated rings. The van der Waals surface area contributed by atoms with Gasteiger partial charge in [-0.2, -0.15) is 0 Å². The number of Topliss-reactive ketones (excluding diaryl/α,β-unsaturated/α-hetero) is 1. The van der Waals surface area contributed by atoms with E-state index in [1.807, 2.05) is 43.3 Å². The van der Waals surface area contributed by atoms with Gasteiger partial charge in [-0.25, -0.2) is 4.98 Å². The van der Waals surface area contributed by atoms with Crippen molar-refractivity contribution in [2.24, 2.45) is 0 Å². The van der Waals surface area contributed by atoms with Crippen LogP contribution in [0.3, 0.4) is 0 Å². The minimum absolute atomic E-state index is 0.0500. The molecule has 120 valence electrons. The van der Waals surface area contributed by atoms with E-state index in [2.05, 4.69) is 9.97 Å². The summed E-state index contributed by atoms with van der Waals surface area (Å²) < 4.78 is 0. The maximum absolute atomic E-state index is 11.3. The van der Waals surface area contributed by atoms with E-state index >= 15 is 0 Å². The molecule has 3 aromatic rings. The molecule has 0 unspecified atom stereocenters. The Kier molecular flexibility index (Phi) is 4.62. The molecule has 0 aliphatic carbocycles. The molecule has 0 atom stereocenters. The molecule has 0 saturated heterocycles. The van der Waals surface area contributed by atoms with E-state index in [0.717, 1.165) is 16.8 Å². The first kappa shape index (κ1) is 16.2. The zero-order chi connectivity index (χ0) is 17.1. The van der Waals surface area contributed by atoms with Crippen molar-refractivity contribution < 1.29 is 4.79 Å². The SMILES string of the molecule is CC(=O)c1ccc(-c2cnc(SC(=N)c3ccc(C)cc3)[nH]2)cc1. The van der Waals surface area contributed by atoms with Crippen LogP contribution in [0.1, 0.15) is 28.4 Å². The molecule has 0 bridgehead atoms. The highest BCUT2D eigenvalue weighted by Crippen LogP contribution is 2.24. The standard InChI is InChI=1S/C19H17N3OS/c1-12-3-5-16(6-4-12)18(20)24-19-21-11-17(22-19)15-9-7-14(8-10-15)13(2)23/h3-11,20H,1-2H3,(H,21,22). The number of benzene rings is 2. The number of nitrogens with zero attached hydrogens (tertiary/aromatic N) is 1. The van der Waals surface area contributed by atoms with Crippen LogP contribution < -0.4 is 0 Å². The number of hydrogen-bond acceptors (Lipinski definition) is 4. The Bertz CT molecular complexity index is 880. The van der Waals surface area contributed by atoms with E-state index in [1.54, 1.807) is 25.3 Å². The number of aromatic amines is 1. The molecule has 0 amide bonds. The number of hydrogen-bond donors (Lipinski definition) is 2. The number of carbonyl (C=O) groups is 1. The third-order valence-corrected chi connectivity index (χ3v) is 4.51. The van der Waals surface area contributed by atoms with Crippen molar-refractivity contribution in [2.45, 2.75) is 19.0 Å². The largest absolute Gasteiger partial charge is 0.333 e. The molecular weight excluding hydrogens is 318 g/mol. The van der Waals surface area contributed by atoms with E-state index in [-0.39, 0.29) is 5.78 Å². The Hall–Kier alpha value is -2.66. The number of carbonyl (C=O) groups excluding carboxylic acids is 1. The van der Waals surface area contributed by atoms with Crippen LogP contribution in [0.5, 0.6) is 0 Å². The average molecular weight is 335 g/mol. The molecule has 3 rings (SSSR count). The second kappa shape index (κ2) is 6.84. The van der Waals surface area contributed by atoms with Gasteiger partial charge >= 0.3 is 0 Å². The maximum Gasteiger partial charge on any atom is 0.172 e. The van der Waals surface area contributed by atoms with Crippen LogP contribution in [0.4, 0.5) is 0 Å². The van der Waals surface area contributed by atoms with E-state index in [0.29, 0.717) is 15.8 Å². The van der Waals surface area contributed by atoms with Crippen LogP contribution in [0.2, 0.25) is 0 Å². The number of thioether (sulfide) groups is 1. The predicted molar refractivity (Wildman–Crippen MR) is 97.9 cm³/mol. The molecule has 0 radical (unpaired) electrons. The third kappa shape index (κ3) is 3.63. The number of ketones is 1. The van der Waals surface area contributed by atoms with Gasteiger partial charge in [-0.05, 0) is 31.2 Å². The van der Waals surface area contributed by atoms with Crippen molar-refractivity contribution in [3.63, 3.8) is 0 Å². The Labute approximate surface area is 144 Å². The summed E-state index contributed by atoms with van der Waals surface area (Å²) in [5.41, 5.74) is 4.56. The fourth-order valence-electron chi connectivity index (χ4n) is 2.25. The lowest BCUT2D eigenvalue weighted by Gasteiger charge is -2.02. The van der Waals surface area contributed by atoms with Crippen molar-refractivity contribution in [1.29, 1.82) is 5.41 Å². The van der Waals surface area contributed by atoms with Gasteiger partial charge < -0.3 is 4.98 Å². The molecular formula is C19H17N3OS. The molecule has 0 aliphatic heterocycles. The molecule has 1 heterocycles. The number of rotatable bonds is 4. The zero-order valence-corrected chi connectivity index (χ0v) is 14.3. The summed E-state index contributed by atoms with van der Waals surface area (Å²) >= 11 is 1.29. The van der Waals surface area contributed by atoms with Crippen LogP contribution >= 0.6 is 11.8 Å². The van der Waals surface area contributed by atoms with Crippen molar-refractivity contribution in [3.05, 3.63) is 71.4 Å². The summed E-state index contributed by atoms with van der Waals surface area (Å²) in [5, 5.41) is 9.31. The van der Waals surface area contributed by atoms with Crippen molar-refractivity contribution in [1.82, 2.24) is 9.97 Å². The third-order valence-electron chi connectivity index (χ3n) is 3.67. The summed E-state index contributed by atoms with van der Waals surface area (Å²) in [7, 11) is 0. The minimum atomic E-state index is 0.0500. The van der Waals surface area contributed by atoms with Gasteiger partial charge in [0, 0.05) is 11.1 Å². The van der Waals surface area contributed by atoms with Crippen LogP contribution in [0, 0.1) is 12.3 Å². The molecule has 2 aromatic carbocycles. The van der Waals surface area contributed by atoms with Gasteiger partial charge in [0.1, 0.15) is 5.04 Å². The van der Waals surface area contributed by atoms with Crippen LogP contribution in [-0.4, -0.2) is 20.8 Å². The molecule has 24 heavy (non-hydrogen) atoms. The van der Waals surface area contributed by atoms with Gasteiger partial charge in [0.25, 0.3) is 0 Å². The Morgan fingerprint density at radius 1 is 1.04 bits per heavy atom. The lowest BCUT2D eigenvalue weighted by molar-refractivity contribution is 0.101. The fraction of sp³-hybridized carbons (Fsp3) is 0.105. The first-order chi connectivity index (χ1) is 11.5. The number of imidazole rings is 1. The normalized spacial score (nSPS) is 10.6. The molecule has 0 aliphatic rings. The Morgan fingerprint density at radius 2 is 1.67 bits per heavy atom. The number of nitrogens with one attached hydrogen (secondary N) is 2. The topological polar surface area (TPSA) is 69.6 Å². The Morgan fingerprint density at radius 3 is 2.29 bits per heavy atom. The Balaban J connectivity index is 1.74. The van der Waals surface area contributed by atoms with Gasteiger partial charge in [0.05, 0.1) is 11.9 Å². The van der Waals surface area contributed by atoms with Crippen molar-refractivity contribution >= 4 is 22.6 Å². The lowest BCUT2D eigenvalue weighted by Crippen LogP contribution is -1.94.